The van der Waals surface area contributed by atoms with Crippen LogP contribution >= 0.6 is 15.6 Å². The van der Waals surface area contributed by atoms with Crippen LogP contribution in [0.15, 0.2) is 0 Å². The van der Waals surface area contributed by atoms with Crippen molar-refractivity contribution in [1.29, 1.82) is 0 Å². The van der Waals surface area contributed by atoms with E-state index in [2.05, 4.69) is 48.5 Å². The first-order valence-electron chi connectivity index (χ1n) is 37.8. The number of hydrogen-bond acceptors (Lipinski definition) is 15. The molecule has 0 aliphatic heterocycles. The minimum Gasteiger partial charge on any atom is -0.462 e. The Balaban J connectivity index is 5.23. The summed E-state index contributed by atoms with van der Waals surface area (Å²) in [5, 5.41) is 10.6. The molecule has 0 saturated heterocycles. The van der Waals surface area contributed by atoms with E-state index in [1.807, 2.05) is 0 Å². The predicted octanol–water partition coefficient (Wildman–Crippen LogP) is 21.0. The van der Waals surface area contributed by atoms with Crippen LogP contribution in [0.4, 0.5) is 0 Å². The Morgan fingerprint density at radius 2 is 0.500 bits per heavy atom. The molecule has 0 aromatic carbocycles. The molecule has 0 aliphatic rings. The monoisotopic (exact) mass is 1350 g/mol. The zero-order chi connectivity index (χ0) is 68.0. The Morgan fingerprint density at radius 3 is 0.739 bits per heavy atom. The molecule has 2 unspecified atom stereocenters. The number of aliphatic hydroxyl groups excluding tert-OH is 1. The van der Waals surface area contributed by atoms with E-state index >= 15 is 0 Å². The van der Waals surface area contributed by atoms with Crippen molar-refractivity contribution in [3.8, 4) is 0 Å². The summed E-state index contributed by atoms with van der Waals surface area (Å²) in [6.07, 6.45) is 48.6. The summed E-state index contributed by atoms with van der Waals surface area (Å²) in [5.41, 5.74) is 0. The molecule has 0 aromatic heterocycles. The molecule has 3 N–H and O–H groups in total. The third kappa shape index (κ3) is 66.7. The fourth-order valence-electron chi connectivity index (χ4n) is 11.1. The normalized spacial score (nSPS) is 14.1. The maximum atomic E-state index is 13.1. The Morgan fingerprint density at radius 1 is 0.293 bits per heavy atom. The lowest BCUT2D eigenvalue weighted by Crippen LogP contribution is -2.30. The largest absolute Gasteiger partial charge is 0.472 e. The highest BCUT2D eigenvalue weighted by Gasteiger charge is 2.30. The average Bonchev–Trinajstić information content (AvgIpc) is 2.54. The van der Waals surface area contributed by atoms with E-state index in [9.17, 15) is 43.2 Å². The Hall–Kier alpha value is -1.94. The molecule has 0 aliphatic carbocycles. The van der Waals surface area contributed by atoms with Gasteiger partial charge in [0.15, 0.2) is 12.2 Å². The zero-order valence-corrected chi connectivity index (χ0v) is 61.8. The molecule has 0 bridgehead atoms. The van der Waals surface area contributed by atoms with Gasteiger partial charge in [-0.1, -0.05) is 318 Å². The van der Waals surface area contributed by atoms with Crippen LogP contribution in [0.1, 0.15) is 370 Å². The highest BCUT2D eigenvalue weighted by molar-refractivity contribution is 7.47. The van der Waals surface area contributed by atoms with Gasteiger partial charge in [0.2, 0.25) is 0 Å². The van der Waals surface area contributed by atoms with Gasteiger partial charge in [-0.25, -0.2) is 9.13 Å². The minimum absolute atomic E-state index is 0.104. The van der Waals surface area contributed by atoms with E-state index in [1.165, 1.54) is 180 Å². The van der Waals surface area contributed by atoms with Crippen LogP contribution in [0.5, 0.6) is 0 Å². The van der Waals surface area contributed by atoms with Gasteiger partial charge >= 0.3 is 39.5 Å². The number of phosphoric acid groups is 2. The van der Waals surface area contributed by atoms with E-state index in [1.54, 1.807) is 0 Å². The minimum atomic E-state index is -4.95. The van der Waals surface area contributed by atoms with Crippen LogP contribution < -0.4 is 0 Å². The van der Waals surface area contributed by atoms with Crippen LogP contribution in [0.3, 0.4) is 0 Å². The van der Waals surface area contributed by atoms with Gasteiger partial charge in [0.05, 0.1) is 26.4 Å². The van der Waals surface area contributed by atoms with E-state index in [0.717, 1.165) is 108 Å². The van der Waals surface area contributed by atoms with Gasteiger partial charge in [-0.2, -0.15) is 0 Å². The van der Waals surface area contributed by atoms with Crippen molar-refractivity contribution in [3.63, 3.8) is 0 Å². The molecule has 92 heavy (non-hydrogen) atoms. The third-order valence-electron chi connectivity index (χ3n) is 16.9. The van der Waals surface area contributed by atoms with Crippen molar-refractivity contribution in [3.05, 3.63) is 0 Å². The number of phosphoric ester groups is 2. The quantitative estimate of drug-likeness (QED) is 0.0222. The van der Waals surface area contributed by atoms with Crippen LogP contribution in [-0.4, -0.2) is 96.7 Å². The Kier molecular flexibility index (Phi) is 62.4. The highest BCUT2D eigenvalue weighted by atomic mass is 31.2. The predicted molar refractivity (Wildman–Crippen MR) is 372 cm³/mol. The van der Waals surface area contributed by atoms with E-state index in [0.29, 0.717) is 25.7 Å². The van der Waals surface area contributed by atoms with Crippen molar-refractivity contribution in [2.75, 3.05) is 39.6 Å². The van der Waals surface area contributed by atoms with Gasteiger partial charge in [-0.05, 0) is 43.4 Å². The number of esters is 4. The van der Waals surface area contributed by atoms with Gasteiger partial charge < -0.3 is 33.8 Å². The standard InChI is InChI=1S/C73H142O17P2/c1-8-9-10-11-12-13-25-33-40-47-54-70(75)83-61-69(90-73(78)57-50-43-36-29-28-32-39-46-53-66(6)7)63-88-92(81,82)86-59-67(74)58-85-91(79,80)87-62-68(60-84-71(76)55-48-41-34-26-22-21-24-31-38-45-52-65(4)5)89-72(77)56-49-42-35-27-20-18-16-14-15-17-19-23-30-37-44-51-64(2)3/h64-69,74H,8-63H2,1-7H3,(H,79,80)(H,81,82)/t67-,68-,69-/m1/s1. The second-order valence-corrected chi connectivity index (χ2v) is 30.7. The van der Waals surface area contributed by atoms with Crippen molar-refractivity contribution in [1.82, 2.24) is 0 Å². The second-order valence-electron chi connectivity index (χ2n) is 27.8. The lowest BCUT2D eigenvalue weighted by molar-refractivity contribution is -0.161. The summed E-state index contributed by atoms with van der Waals surface area (Å²) in [5.74, 6) is 0.156. The molecular weight excluding hydrogens is 1210 g/mol. The fraction of sp³-hybridized carbons (Fsp3) is 0.945. The molecule has 0 fully saturated rings. The van der Waals surface area contributed by atoms with Crippen LogP contribution in [0.2, 0.25) is 0 Å². The summed E-state index contributed by atoms with van der Waals surface area (Å²) in [6, 6.07) is 0. The topological polar surface area (TPSA) is 237 Å². The van der Waals surface area contributed by atoms with Crippen LogP contribution in [0.25, 0.3) is 0 Å². The molecule has 17 nitrogen and oxygen atoms in total. The molecule has 0 spiro atoms. The lowest BCUT2D eigenvalue weighted by Gasteiger charge is -2.21. The SMILES string of the molecule is CCCCCCCCCCCCC(=O)OC[C@H](COP(=O)(O)OC[C@H](O)COP(=O)(O)OC[C@@H](COC(=O)CCCCCCCCCCCCC(C)C)OC(=O)CCCCCCCCCCCCCCCCCC(C)C)OC(=O)CCCCCCCCCCC(C)C. The van der Waals surface area contributed by atoms with Gasteiger partial charge in [0.1, 0.15) is 19.3 Å². The third-order valence-corrected chi connectivity index (χ3v) is 18.8. The molecule has 19 heteroatoms. The maximum absolute atomic E-state index is 13.1. The fourth-order valence-corrected chi connectivity index (χ4v) is 12.7. The number of carbonyl (C=O) groups excluding carboxylic acids is 4. The lowest BCUT2D eigenvalue weighted by atomic mass is 10.0. The molecule has 546 valence electrons. The van der Waals surface area contributed by atoms with Gasteiger partial charge in [-0.15, -0.1) is 0 Å². The van der Waals surface area contributed by atoms with Crippen molar-refractivity contribution in [2.24, 2.45) is 17.8 Å². The van der Waals surface area contributed by atoms with Gasteiger partial charge in [0, 0.05) is 25.7 Å². The number of ether oxygens (including phenoxy) is 4. The van der Waals surface area contributed by atoms with E-state index in [-0.39, 0.29) is 25.7 Å². The Bertz CT molecular complexity index is 1800. The molecule has 0 saturated carbocycles. The second kappa shape index (κ2) is 63.8. The van der Waals surface area contributed by atoms with Crippen LogP contribution in [-0.2, 0) is 65.4 Å². The van der Waals surface area contributed by atoms with Crippen LogP contribution in [0, 0.1) is 17.8 Å². The first-order valence-corrected chi connectivity index (χ1v) is 40.8. The number of aliphatic hydroxyl groups is 1. The summed E-state index contributed by atoms with van der Waals surface area (Å²) >= 11 is 0. The Labute approximate surface area is 562 Å². The average molecular weight is 1350 g/mol. The van der Waals surface area contributed by atoms with Crippen molar-refractivity contribution in [2.45, 2.75) is 388 Å². The molecule has 0 heterocycles. The summed E-state index contributed by atoms with van der Waals surface area (Å²) < 4.78 is 68.4. The summed E-state index contributed by atoms with van der Waals surface area (Å²) in [7, 11) is -9.90. The summed E-state index contributed by atoms with van der Waals surface area (Å²) in [4.78, 5) is 72.6. The van der Waals surface area contributed by atoms with Crippen molar-refractivity contribution < 1.29 is 80.2 Å². The first-order chi connectivity index (χ1) is 44.2. The number of hydrogen-bond donors (Lipinski definition) is 3. The molecular formula is C73H142O17P2. The van der Waals surface area contributed by atoms with E-state index in [4.69, 9.17) is 37.0 Å². The molecule has 0 radical (unpaired) electrons. The number of rotatable bonds is 71. The summed E-state index contributed by atoms with van der Waals surface area (Å²) in [6.45, 7) is 11.8. The van der Waals surface area contributed by atoms with Gasteiger partial charge in [0.25, 0.3) is 0 Å². The maximum Gasteiger partial charge on any atom is 0.472 e. The first kappa shape index (κ1) is 90.1. The molecule has 0 amide bonds. The van der Waals surface area contributed by atoms with E-state index < -0.39 is 97.5 Å². The number of carbonyl (C=O) groups is 4. The molecule has 5 atom stereocenters. The molecule has 0 rings (SSSR count). The smallest absolute Gasteiger partial charge is 0.462 e. The van der Waals surface area contributed by atoms with Crippen molar-refractivity contribution >= 4 is 39.5 Å². The highest BCUT2D eigenvalue weighted by Crippen LogP contribution is 2.45. The van der Waals surface area contributed by atoms with Gasteiger partial charge in [-0.3, -0.25) is 37.3 Å². The zero-order valence-electron chi connectivity index (χ0n) is 60.0. The molecule has 0 aromatic rings. The number of unbranched alkanes of at least 4 members (excludes halogenated alkanes) is 39.